The molecule has 0 saturated heterocycles. The molecule has 1 aromatic carbocycles. The molecule has 1 unspecified atom stereocenters. The van der Waals surface area contributed by atoms with Crippen LogP contribution in [0.3, 0.4) is 0 Å². The Morgan fingerprint density at radius 1 is 1.30 bits per heavy atom. The first-order valence-corrected chi connectivity index (χ1v) is 7.52. The third-order valence-corrected chi connectivity index (χ3v) is 4.63. The first-order chi connectivity index (χ1) is 9.66. The average molecular weight is 272 g/mol. The minimum absolute atomic E-state index is 0.181. The van der Waals surface area contributed by atoms with Crippen molar-refractivity contribution in [3.63, 3.8) is 0 Å². The van der Waals surface area contributed by atoms with Crippen LogP contribution in [0, 0.1) is 0 Å². The molecule has 1 heterocycles. The molecule has 0 aliphatic heterocycles. The Morgan fingerprint density at radius 2 is 2.10 bits per heavy atom. The Bertz CT molecular complexity index is 602. The Kier molecular flexibility index (Phi) is 3.57. The number of fused-ring (bicyclic) bond motifs is 3. The number of aromatic amines is 1. The van der Waals surface area contributed by atoms with E-state index in [0.717, 1.165) is 25.8 Å². The zero-order chi connectivity index (χ0) is 14.2. The lowest BCUT2D eigenvalue weighted by atomic mass is 9.80. The molecule has 0 spiro atoms. The second-order valence-electron chi connectivity index (χ2n) is 6.37. The van der Waals surface area contributed by atoms with E-state index in [2.05, 4.69) is 48.2 Å². The van der Waals surface area contributed by atoms with Crippen LogP contribution in [0.4, 0.5) is 0 Å². The predicted octanol–water partition coefficient (Wildman–Crippen LogP) is 2.69. The number of para-hydroxylation sites is 1. The summed E-state index contributed by atoms with van der Waals surface area (Å²) in [5.74, 6) is 0. The maximum Gasteiger partial charge on any atom is 0.0459 e. The van der Waals surface area contributed by atoms with Crippen molar-refractivity contribution < 1.29 is 5.11 Å². The molecule has 0 saturated carbocycles. The fourth-order valence-electron chi connectivity index (χ4n) is 3.91. The van der Waals surface area contributed by atoms with Gasteiger partial charge in [0.15, 0.2) is 0 Å². The highest BCUT2D eigenvalue weighted by Gasteiger charge is 2.40. The number of aliphatic hydroxyl groups excluding tert-OH is 1. The SMILES string of the molecule is CN(C)CC1(CCCO)CCc2c1[nH]c1ccccc21. The van der Waals surface area contributed by atoms with Gasteiger partial charge in [-0.15, -0.1) is 0 Å². The van der Waals surface area contributed by atoms with Gasteiger partial charge in [-0.1, -0.05) is 18.2 Å². The van der Waals surface area contributed by atoms with E-state index in [1.165, 1.54) is 28.6 Å². The standard InChI is InChI=1S/C17H24N2O/c1-19(2)12-17(9-5-11-20)10-8-14-13-6-3-4-7-15(13)18-16(14)17/h3-4,6-7,18,20H,5,8-12H2,1-2H3. The second kappa shape index (κ2) is 5.23. The van der Waals surface area contributed by atoms with Gasteiger partial charge in [-0.3, -0.25) is 0 Å². The number of hydrogen-bond acceptors (Lipinski definition) is 2. The normalized spacial score (nSPS) is 21.8. The zero-order valence-electron chi connectivity index (χ0n) is 12.4. The largest absolute Gasteiger partial charge is 0.396 e. The number of likely N-dealkylation sites (N-methyl/N-ethyl adjacent to an activating group) is 1. The smallest absolute Gasteiger partial charge is 0.0459 e. The summed E-state index contributed by atoms with van der Waals surface area (Å²) in [7, 11) is 4.28. The summed E-state index contributed by atoms with van der Waals surface area (Å²) in [6, 6.07) is 8.61. The molecular formula is C17H24N2O. The molecule has 0 amide bonds. The molecule has 20 heavy (non-hydrogen) atoms. The average Bonchev–Trinajstić information content (AvgIpc) is 2.95. The third kappa shape index (κ3) is 2.15. The van der Waals surface area contributed by atoms with E-state index < -0.39 is 0 Å². The summed E-state index contributed by atoms with van der Waals surface area (Å²) in [6.07, 6.45) is 4.28. The molecule has 3 nitrogen and oxygen atoms in total. The molecule has 1 aliphatic rings. The quantitative estimate of drug-likeness (QED) is 0.878. The highest BCUT2D eigenvalue weighted by atomic mass is 16.2. The van der Waals surface area contributed by atoms with Gasteiger partial charge in [-0.05, 0) is 51.4 Å². The monoisotopic (exact) mass is 272 g/mol. The van der Waals surface area contributed by atoms with E-state index >= 15 is 0 Å². The van der Waals surface area contributed by atoms with Crippen molar-refractivity contribution in [1.29, 1.82) is 0 Å². The number of benzene rings is 1. The molecule has 1 aliphatic carbocycles. The molecule has 0 bridgehead atoms. The fraction of sp³-hybridized carbons (Fsp3) is 0.529. The van der Waals surface area contributed by atoms with Crippen molar-refractivity contribution >= 4 is 10.9 Å². The second-order valence-corrected chi connectivity index (χ2v) is 6.37. The van der Waals surface area contributed by atoms with Crippen molar-refractivity contribution in [2.24, 2.45) is 0 Å². The summed E-state index contributed by atoms with van der Waals surface area (Å²) < 4.78 is 0. The highest BCUT2D eigenvalue weighted by Crippen LogP contribution is 2.45. The summed E-state index contributed by atoms with van der Waals surface area (Å²) in [5.41, 5.74) is 4.35. The summed E-state index contributed by atoms with van der Waals surface area (Å²) in [5, 5.41) is 10.6. The van der Waals surface area contributed by atoms with Gasteiger partial charge in [-0.25, -0.2) is 0 Å². The summed E-state index contributed by atoms with van der Waals surface area (Å²) >= 11 is 0. The number of hydrogen-bond donors (Lipinski definition) is 2. The zero-order valence-corrected chi connectivity index (χ0v) is 12.4. The van der Waals surface area contributed by atoms with Crippen LogP contribution in [0.15, 0.2) is 24.3 Å². The molecule has 108 valence electrons. The number of rotatable bonds is 5. The molecule has 1 aromatic heterocycles. The molecule has 1 atom stereocenters. The molecule has 2 aromatic rings. The number of H-pyrrole nitrogens is 1. The number of aryl methyl sites for hydroxylation is 1. The lowest BCUT2D eigenvalue weighted by Crippen LogP contribution is -2.36. The Hall–Kier alpha value is -1.32. The minimum Gasteiger partial charge on any atom is -0.396 e. The molecular weight excluding hydrogens is 248 g/mol. The topological polar surface area (TPSA) is 39.3 Å². The number of aliphatic hydroxyl groups is 1. The van der Waals surface area contributed by atoms with Gasteiger partial charge < -0.3 is 15.0 Å². The molecule has 0 fully saturated rings. The summed E-state index contributed by atoms with van der Waals surface area (Å²) in [4.78, 5) is 5.95. The van der Waals surface area contributed by atoms with Gasteiger partial charge in [0.1, 0.15) is 0 Å². The third-order valence-electron chi connectivity index (χ3n) is 4.63. The number of aromatic nitrogens is 1. The van der Waals surface area contributed by atoms with E-state index in [1.807, 2.05) is 0 Å². The van der Waals surface area contributed by atoms with E-state index in [1.54, 1.807) is 0 Å². The minimum atomic E-state index is 0.181. The van der Waals surface area contributed by atoms with E-state index in [4.69, 9.17) is 0 Å². The molecule has 3 heteroatoms. The molecule has 0 radical (unpaired) electrons. The van der Waals surface area contributed by atoms with E-state index in [-0.39, 0.29) is 12.0 Å². The van der Waals surface area contributed by atoms with Crippen LogP contribution in [0.25, 0.3) is 10.9 Å². The van der Waals surface area contributed by atoms with Crippen LogP contribution in [0.5, 0.6) is 0 Å². The van der Waals surface area contributed by atoms with Crippen molar-refractivity contribution in [3.8, 4) is 0 Å². The van der Waals surface area contributed by atoms with Crippen LogP contribution >= 0.6 is 0 Å². The van der Waals surface area contributed by atoms with Crippen LogP contribution in [-0.2, 0) is 11.8 Å². The van der Waals surface area contributed by atoms with Gasteiger partial charge in [0.25, 0.3) is 0 Å². The predicted molar refractivity (Wildman–Crippen MR) is 83.2 cm³/mol. The Balaban J connectivity index is 2.06. The van der Waals surface area contributed by atoms with Gasteiger partial charge in [0.2, 0.25) is 0 Å². The highest BCUT2D eigenvalue weighted by molar-refractivity contribution is 5.85. The maximum atomic E-state index is 9.24. The number of nitrogens with one attached hydrogen (secondary N) is 1. The van der Waals surface area contributed by atoms with Crippen LogP contribution in [0.2, 0.25) is 0 Å². The molecule has 2 N–H and O–H groups in total. The Labute approximate surface area is 120 Å². The van der Waals surface area contributed by atoms with Gasteiger partial charge >= 0.3 is 0 Å². The van der Waals surface area contributed by atoms with Crippen LogP contribution < -0.4 is 0 Å². The van der Waals surface area contributed by atoms with Crippen LogP contribution in [-0.4, -0.2) is 42.2 Å². The Morgan fingerprint density at radius 3 is 2.85 bits per heavy atom. The van der Waals surface area contributed by atoms with Crippen LogP contribution in [0.1, 0.15) is 30.5 Å². The van der Waals surface area contributed by atoms with Gasteiger partial charge in [0.05, 0.1) is 0 Å². The van der Waals surface area contributed by atoms with Gasteiger partial charge in [-0.2, -0.15) is 0 Å². The van der Waals surface area contributed by atoms with E-state index in [9.17, 15) is 5.11 Å². The number of nitrogens with zero attached hydrogens (tertiary/aromatic N) is 1. The van der Waals surface area contributed by atoms with Crippen molar-refractivity contribution in [2.45, 2.75) is 31.1 Å². The lowest BCUT2D eigenvalue weighted by Gasteiger charge is -2.32. The van der Waals surface area contributed by atoms with Crippen molar-refractivity contribution in [3.05, 3.63) is 35.5 Å². The fourth-order valence-corrected chi connectivity index (χ4v) is 3.91. The van der Waals surface area contributed by atoms with E-state index in [0.29, 0.717) is 0 Å². The van der Waals surface area contributed by atoms with Gasteiger partial charge in [0, 0.05) is 35.2 Å². The molecule has 3 rings (SSSR count). The summed E-state index contributed by atoms with van der Waals surface area (Å²) in [6.45, 7) is 1.33. The lowest BCUT2D eigenvalue weighted by molar-refractivity contribution is 0.222. The van der Waals surface area contributed by atoms with Crippen molar-refractivity contribution in [2.75, 3.05) is 27.2 Å². The first kappa shape index (κ1) is 13.7. The first-order valence-electron chi connectivity index (χ1n) is 7.52. The van der Waals surface area contributed by atoms with Crippen molar-refractivity contribution in [1.82, 2.24) is 9.88 Å². The maximum absolute atomic E-state index is 9.24.